The summed E-state index contributed by atoms with van der Waals surface area (Å²) in [6.07, 6.45) is 6.86. The van der Waals surface area contributed by atoms with Gasteiger partial charge in [-0.05, 0) is 50.0 Å². The monoisotopic (exact) mass is 394 g/mol. The van der Waals surface area contributed by atoms with Gasteiger partial charge >= 0.3 is 11.8 Å². The van der Waals surface area contributed by atoms with Crippen molar-refractivity contribution >= 4 is 0 Å². The molecule has 0 saturated carbocycles. The quantitative estimate of drug-likeness (QED) is 0.531. The van der Waals surface area contributed by atoms with Crippen molar-refractivity contribution in [1.82, 2.24) is 0 Å². The summed E-state index contributed by atoms with van der Waals surface area (Å²) in [7, 11) is 0. The third-order valence-corrected chi connectivity index (χ3v) is 4.77. The van der Waals surface area contributed by atoms with Crippen molar-refractivity contribution in [3.05, 3.63) is 82.4 Å². The standard InChI is InChI=1S/C22H22F4O2/c1-15-3-7-17(8-4-15)13-27-19-11-12-20(22(25,26)21(19,23)24)28-14-18-9-5-16(2)6-10-18/h3-5,7-9,11-12H,6,10,13-14H2,1-2H3. The highest BCUT2D eigenvalue weighted by Gasteiger charge is 2.65. The molecule has 0 aromatic heterocycles. The molecule has 0 heterocycles. The van der Waals surface area contributed by atoms with E-state index in [-0.39, 0.29) is 13.2 Å². The van der Waals surface area contributed by atoms with Gasteiger partial charge in [-0.15, -0.1) is 0 Å². The normalized spacial score (nSPS) is 20.5. The van der Waals surface area contributed by atoms with E-state index in [1.807, 2.05) is 19.9 Å². The average molecular weight is 394 g/mol. The summed E-state index contributed by atoms with van der Waals surface area (Å²) in [6.45, 7) is 3.49. The molecule has 0 unspecified atom stereocenters. The van der Waals surface area contributed by atoms with Gasteiger partial charge in [0.05, 0.1) is 0 Å². The van der Waals surface area contributed by atoms with Gasteiger partial charge in [-0.25, -0.2) is 0 Å². The predicted molar refractivity (Wildman–Crippen MR) is 99.1 cm³/mol. The Labute approximate surface area is 161 Å². The number of halogens is 4. The average Bonchev–Trinajstić information content (AvgIpc) is 2.65. The fourth-order valence-corrected chi connectivity index (χ4v) is 2.87. The highest BCUT2D eigenvalue weighted by atomic mass is 19.3. The van der Waals surface area contributed by atoms with E-state index in [4.69, 9.17) is 9.47 Å². The lowest BCUT2D eigenvalue weighted by Crippen LogP contribution is -2.46. The number of allylic oxidation sites excluding steroid dienone is 7. The molecule has 28 heavy (non-hydrogen) atoms. The first-order chi connectivity index (χ1) is 13.2. The number of ether oxygens (including phenoxy) is 2. The zero-order valence-electron chi connectivity index (χ0n) is 15.8. The first-order valence-corrected chi connectivity index (χ1v) is 9.05. The summed E-state index contributed by atoms with van der Waals surface area (Å²) >= 11 is 0. The summed E-state index contributed by atoms with van der Waals surface area (Å²) in [5.41, 5.74) is 3.58. The summed E-state index contributed by atoms with van der Waals surface area (Å²) in [5.74, 6) is -11.1. The van der Waals surface area contributed by atoms with E-state index in [9.17, 15) is 17.6 Å². The maximum Gasteiger partial charge on any atom is 0.373 e. The van der Waals surface area contributed by atoms with Crippen LogP contribution in [0.1, 0.15) is 30.9 Å². The number of rotatable bonds is 6. The van der Waals surface area contributed by atoms with Crippen LogP contribution >= 0.6 is 0 Å². The maximum absolute atomic E-state index is 14.4. The van der Waals surface area contributed by atoms with Crippen molar-refractivity contribution in [3.8, 4) is 0 Å². The second-order valence-corrected chi connectivity index (χ2v) is 7.11. The molecule has 0 saturated heterocycles. The Bertz CT molecular complexity index is 846. The third-order valence-electron chi connectivity index (χ3n) is 4.77. The molecular weight excluding hydrogens is 372 g/mol. The van der Waals surface area contributed by atoms with Crippen LogP contribution in [0.15, 0.2) is 71.2 Å². The van der Waals surface area contributed by atoms with Crippen molar-refractivity contribution < 1.29 is 27.0 Å². The highest BCUT2D eigenvalue weighted by Crippen LogP contribution is 2.48. The molecule has 2 aliphatic carbocycles. The van der Waals surface area contributed by atoms with Crippen LogP contribution in [0.3, 0.4) is 0 Å². The molecule has 1 aromatic rings. The minimum absolute atomic E-state index is 0.144. The zero-order chi connectivity index (χ0) is 20.4. The lowest BCUT2D eigenvalue weighted by molar-refractivity contribution is -0.205. The molecule has 3 rings (SSSR count). The number of benzene rings is 1. The lowest BCUT2D eigenvalue weighted by Gasteiger charge is -2.32. The van der Waals surface area contributed by atoms with Crippen LogP contribution in [0.4, 0.5) is 17.6 Å². The van der Waals surface area contributed by atoms with Crippen molar-refractivity contribution in [2.45, 2.75) is 45.1 Å². The van der Waals surface area contributed by atoms with E-state index in [1.54, 1.807) is 30.3 Å². The summed E-state index contributed by atoms with van der Waals surface area (Å²) in [4.78, 5) is 0. The third kappa shape index (κ3) is 4.16. The van der Waals surface area contributed by atoms with E-state index in [1.165, 1.54) is 5.57 Å². The fourth-order valence-electron chi connectivity index (χ4n) is 2.87. The van der Waals surface area contributed by atoms with Gasteiger partial charge < -0.3 is 9.47 Å². The van der Waals surface area contributed by atoms with Gasteiger partial charge in [0, 0.05) is 0 Å². The second-order valence-electron chi connectivity index (χ2n) is 7.11. The molecule has 2 aliphatic rings. The molecule has 1 aromatic carbocycles. The highest BCUT2D eigenvalue weighted by molar-refractivity contribution is 5.33. The van der Waals surface area contributed by atoms with E-state index in [2.05, 4.69) is 0 Å². The fraction of sp³-hybridized carbons (Fsp3) is 0.364. The Hall–Kier alpha value is -2.50. The number of hydrogen-bond donors (Lipinski definition) is 0. The van der Waals surface area contributed by atoms with Gasteiger partial charge in [0.1, 0.15) is 13.2 Å². The van der Waals surface area contributed by atoms with E-state index < -0.39 is 23.4 Å². The minimum Gasteiger partial charge on any atom is -0.487 e. The Morgan fingerprint density at radius 2 is 1.32 bits per heavy atom. The number of aryl methyl sites for hydroxylation is 1. The smallest absolute Gasteiger partial charge is 0.373 e. The number of hydrogen-bond acceptors (Lipinski definition) is 2. The van der Waals surface area contributed by atoms with Crippen LogP contribution in [0.25, 0.3) is 0 Å². The van der Waals surface area contributed by atoms with E-state index in [0.717, 1.165) is 29.7 Å². The molecule has 0 amide bonds. The van der Waals surface area contributed by atoms with E-state index in [0.29, 0.717) is 12.0 Å². The van der Waals surface area contributed by atoms with Crippen molar-refractivity contribution in [2.24, 2.45) is 0 Å². The first-order valence-electron chi connectivity index (χ1n) is 9.05. The molecule has 0 N–H and O–H groups in total. The largest absolute Gasteiger partial charge is 0.487 e. The van der Waals surface area contributed by atoms with Gasteiger partial charge in [-0.3, -0.25) is 0 Å². The molecule has 0 atom stereocenters. The summed E-state index contributed by atoms with van der Waals surface area (Å²) in [5, 5.41) is 0. The van der Waals surface area contributed by atoms with Gasteiger partial charge in [0.25, 0.3) is 0 Å². The van der Waals surface area contributed by atoms with Gasteiger partial charge in [0.2, 0.25) is 0 Å². The van der Waals surface area contributed by atoms with E-state index >= 15 is 0 Å². The molecule has 150 valence electrons. The molecule has 0 aliphatic heterocycles. The molecule has 0 radical (unpaired) electrons. The van der Waals surface area contributed by atoms with Gasteiger partial charge in [-0.2, -0.15) is 17.6 Å². The van der Waals surface area contributed by atoms with Gasteiger partial charge in [0.15, 0.2) is 11.5 Å². The Balaban J connectivity index is 1.71. The zero-order valence-corrected chi connectivity index (χ0v) is 15.8. The van der Waals surface area contributed by atoms with Crippen LogP contribution in [0, 0.1) is 6.92 Å². The summed E-state index contributed by atoms with van der Waals surface area (Å²) in [6, 6.07) is 6.99. The molecule has 0 spiro atoms. The first kappa shape index (κ1) is 20.2. The SMILES string of the molecule is CC1=CC=C(COC2=CC=C(OCc3ccc(C)cc3)C(F)(F)C2(F)F)CC1. The minimum atomic E-state index is -4.49. The van der Waals surface area contributed by atoms with Crippen LogP contribution in [0.5, 0.6) is 0 Å². The molecular formula is C22H22F4O2. The van der Waals surface area contributed by atoms with Crippen molar-refractivity contribution in [1.29, 1.82) is 0 Å². The molecule has 6 heteroatoms. The Kier molecular flexibility index (Phi) is 5.68. The molecule has 2 nitrogen and oxygen atoms in total. The Morgan fingerprint density at radius 3 is 1.86 bits per heavy atom. The molecule has 0 fully saturated rings. The van der Waals surface area contributed by atoms with Crippen LogP contribution < -0.4 is 0 Å². The lowest BCUT2D eigenvalue weighted by atomic mass is 9.99. The van der Waals surface area contributed by atoms with Gasteiger partial charge in [-0.1, -0.05) is 47.6 Å². The topological polar surface area (TPSA) is 18.5 Å². The second kappa shape index (κ2) is 7.86. The van der Waals surface area contributed by atoms with Crippen molar-refractivity contribution in [2.75, 3.05) is 6.61 Å². The predicted octanol–water partition coefficient (Wildman–Crippen LogP) is 6.25. The Morgan fingerprint density at radius 1 is 0.750 bits per heavy atom. The maximum atomic E-state index is 14.4. The van der Waals surface area contributed by atoms with Crippen molar-refractivity contribution in [3.63, 3.8) is 0 Å². The number of alkyl halides is 4. The summed E-state index contributed by atoms with van der Waals surface area (Å²) < 4.78 is 67.7. The van der Waals surface area contributed by atoms with Crippen LogP contribution in [0.2, 0.25) is 0 Å². The molecule has 0 bridgehead atoms. The van der Waals surface area contributed by atoms with Crippen LogP contribution in [-0.4, -0.2) is 18.5 Å². The van der Waals surface area contributed by atoms with Crippen LogP contribution in [-0.2, 0) is 16.1 Å².